The van der Waals surface area contributed by atoms with Gasteiger partial charge in [0.2, 0.25) is 5.91 Å². The molecule has 2 heterocycles. The molecule has 1 aromatic heterocycles. The van der Waals surface area contributed by atoms with E-state index in [1.165, 1.54) is 16.6 Å². The molecular weight excluding hydrogens is 450 g/mol. The van der Waals surface area contributed by atoms with Gasteiger partial charge < -0.3 is 20.3 Å². The van der Waals surface area contributed by atoms with Crippen molar-refractivity contribution < 1.29 is 14.3 Å². The highest BCUT2D eigenvalue weighted by Gasteiger charge is 2.34. The molecule has 190 valence electrons. The van der Waals surface area contributed by atoms with E-state index in [4.69, 9.17) is 10.5 Å². The standard InChI is InChI=1S/C25H35N5O5/c1-16(2)14-30-21(26)20(22(31)27-25(30)34)29(12-13-35-4)24(33)19-6-5-11-28(15-19)23(32)18-9-7-17(3)8-10-18/h7-10,16,19H,5-6,11-15,26H2,1-4H3,(H,27,31,34). The lowest BCUT2D eigenvalue weighted by atomic mass is 9.95. The Balaban J connectivity index is 1.92. The molecule has 0 radical (unpaired) electrons. The predicted molar refractivity (Wildman–Crippen MR) is 135 cm³/mol. The second-order valence-corrected chi connectivity index (χ2v) is 9.44. The molecule has 1 atom stereocenters. The molecule has 1 aliphatic heterocycles. The minimum atomic E-state index is -0.722. The zero-order valence-electron chi connectivity index (χ0n) is 20.9. The molecule has 1 aromatic carbocycles. The monoisotopic (exact) mass is 485 g/mol. The van der Waals surface area contributed by atoms with Crippen molar-refractivity contribution in [2.45, 2.75) is 40.2 Å². The maximum atomic E-state index is 13.7. The Kier molecular flexibility index (Phi) is 8.50. The molecular formula is C25H35N5O5. The summed E-state index contributed by atoms with van der Waals surface area (Å²) in [6.45, 7) is 7.14. The maximum absolute atomic E-state index is 13.7. The highest BCUT2D eigenvalue weighted by Crippen LogP contribution is 2.25. The van der Waals surface area contributed by atoms with Crippen LogP contribution in [-0.2, 0) is 16.1 Å². The third-order valence-corrected chi connectivity index (χ3v) is 6.17. The Morgan fingerprint density at radius 3 is 2.54 bits per heavy atom. The number of aryl methyl sites for hydroxylation is 1. The molecule has 1 saturated heterocycles. The molecule has 10 nitrogen and oxygen atoms in total. The quantitative estimate of drug-likeness (QED) is 0.584. The molecule has 0 saturated carbocycles. The molecule has 1 fully saturated rings. The number of methoxy groups -OCH3 is 1. The Labute approximate surface area is 204 Å². The molecule has 2 amide bonds. The van der Waals surface area contributed by atoms with E-state index < -0.39 is 17.2 Å². The van der Waals surface area contributed by atoms with E-state index >= 15 is 0 Å². The Bertz CT molecular complexity index is 1170. The third kappa shape index (κ3) is 6.00. The molecule has 1 unspecified atom stereocenters. The number of anilines is 2. The van der Waals surface area contributed by atoms with Gasteiger partial charge in [-0.25, -0.2) is 4.79 Å². The number of nitrogens with zero attached hydrogens (tertiary/aromatic N) is 3. The molecule has 1 aliphatic rings. The normalized spacial score (nSPS) is 15.9. The highest BCUT2D eigenvalue weighted by atomic mass is 16.5. The van der Waals surface area contributed by atoms with Gasteiger partial charge >= 0.3 is 5.69 Å². The number of aromatic amines is 1. The fourth-order valence-electron chi connectivity index (χ4n) is 4.36. The first-order valence-corrected chi connectivity index (χ1v) is 11.9. The minimum Gasteiger partial charge on any atom is -0.383 e. The molecule has 10 heteroatoms. The lowest BCUT2D eigenvalue weighted by Gasteiger charge is -2.35. The van der Waals surface area contributed by atoms with Crippen LogP contribution in [0.5, 0.6) is 0 Å². The number of rotatable bonds is 8. The van der Waals surface area contributed by atoms with E-state index in [1.54, 1.807) is 17.0 Å². The van der Waals surface area contributed by atoms with E-state index in [9.17, 15) is 19.2 Å². The van der Waals surface area contributed by atoms with Crippen LogP contribution < -0.4 is 21.9 Å². The summed E-state index contributed by atoms with van der Waals surface area (Å²) in [7, 11) is 1.50. The molecule has 35 heavy (non-hydrogen) atoms. The zero-order chi connectivity index (χ0) is 25.7. The Morgan fingerprint density at radius 1 is 1.23 bits per heavy atom. The van der Waals surface area contributed by atoms with Crippen LogP contribution in [-0.4, -0.2) is 59.6 Å². The molecule has 0 spiro atoms. The van der Waals surface area contributed by atoms with Crippen LogP contribution in [0.25, 0.3) is 0 Å². The number of benzene rings is 1. The summed E-state index contributed by atoms with van der Waals surface area (Å²) in [5, 5.41) is 0. The van der Waals surface area contributed by atoms with E-state index in [0.29, 0.717) is 31.5 Å². The highest BCUT2D eigenvalue weighted by molar-refractivity contribution is 5.98. The fourth-order valence-corrected chi connectivity index (χ4v) is 4.36. The lowest BCUT2D eigenvalue weighted by Crippen LogP contribution is -2.49. The molecule has 3 N–H and O–H groups in total. The van der Waals surface area contributed by atoms with Crippen LogP contribution >= 0.6 is 0 Å². The van der Waals surface area contributed by atoms with Gasteiger partial charge in [0.15, 0.2) is 5.69 Å². The minimum absolute atomic E-state index is 0.0553. The van der Waals surface area contributed by atoms with E-state index in [0.717, 1.165) is 5.56 Å². The second-order valence-electron chi connectivity index (χ2n) is 9.44. The van der Waals surface area contributed by atoms with E-state index in [1.807, 2.05) is 32.9 Å². The number of nitrogen functional groups attached to an aromatic ring is 1. The van der Waals surface area contributed by atoms with Gasteiger partial charge in [0.05, 0.1) is 12.5 Å². The van der Waals surface area contributed by atoms with Crippen LogP contribution in [0.15, 0.2) is 33.9 Å². The number of amides is 2. The van der Waals surface area contributed by atoms with Crippen molar-refractivity contribution >= 4 is 23.3 Å². The van der Waals surface area contributed by atoms with Crippen molar-refractivity contribution in [3.63, 3.8) is 0 Å². The van der Waals surface area contributed by atoms with Crippen molar-refractivity contribution in [1.29, 1.82) is 0 Å². The summed E-state index contributed by atoms with van der Waals surface area (Å²) in [4.78, 5) is 57.3. The van der Waals surface area contributed by atoms with Gasteiger partial charge in [0.1, 0.15) is 5.82 Å². The number of hydrogen-bond acceptors (Lipinski definition) is 6. The van der Waals surface area contributed by atoms with Gasteiger partial charge in [-0.2, -0.15) is 0 Å². The Hall–Kier alpha value is -3.40. The van der Waals surface area contributed by atoms with Crippen LogP contribution in [0.3, 0.4) is 0 Å². The summed E-state index contributed by atoms with van der Waals surface area (Å²) >= 11 is 0. The largest absolute Gasteiger partial charge is 0.383 e. The van der Waals surface area contributed by atoms with Crippen LogP contribution in [0.1, 0.15) is 42.6 Å². The smallest absolute Gasteiger partial charge is 0.330 e. The lowest BCUT2D eigenvalue weighted by molar-refractivity contribution is -0.123. The number of aromatic nitrogens is 2. The average Bonchev–Trinajstić information content (AvgIpc) is 2.83. The fraction of sp³-hybridized carbons (Fsp3) is 0.520. The SMILES string of the molecule is COCCN(C(=O)C1CCCN(C(=O)c2ccc(C)cc2)C1)c1c(N)n(CC(C)C)c(=O)[nH]c1=O. The number of nitrogens with one attached hydrogen (secondary N) is 1. The average molecular weight is 486 g/mol. The topological polar surface area (TPSA) is 131 Å². The van der Waals surface area contributed by atoms with Crippen molar-refractivity contribution in [1.82, 2.24) is 14.5 Å². The summed E-state index contributed by atoms with van der Waals surface area (Å²) in [6.07, 6.45) is 1.23. The predicted octanol–water partition coefficient (Wildman–Crippen LogP) is 1.62. The maximum Gasteiger partial charge on any atom is 0.330 e. The number of piperidine rings is 1. The van der Waals surface area contributed by atoms with Crippen LogP contribution in [0.4, 0.5) is 11.5 Å². The van der Waals surface area contributed by atoms with Gasteiger partial charge in [-0.15, -0.1) is 0 Å². The van der Waals surface area contributed by atoms with Crippen molar-refractivity contribution in [3.05, 3.63) is 56.2 Å². The summed E-state index contributed by atoms with van der Waals surface area (Å²) in [6, 6.07) is 7.33. The summed E-state index contributed by atoms with van der Waals surface area (Å²) < 4.78 is 6.46. The number of carbonyl (C=O) groups is 2. The molecule has 3 rings (SSSR count). The number of likely N-dealkylation sites (tertiary alicyclic amines) is 1. The second kappa shape index (κ2) is 11.4. The Morgan fingerprint density at radius 2 is 1.91 bits per heavy atom. The van der Waals surface area contributed by atoms with Gasteiger partial charge in [0, 0.05) is 38.9 Å². The molecule has 0 bridgehead atoms. The van der Waals surface area contributed by atoms with Crippen molar-refractivity contribution in [2.24, 2.45) is 11.8 Å². The van der Waals surface area contributed by atoms with Gasteiger partial charge in [-0.05, 0) is 37.8 Å². The van der Waals surface area contributed by atoms with E-state index in [2.05, 4.69) is 4.98 Å². The third-order valence-electron chi connectivity index (χ3n) is 6.17. The zero-order valence-corrected chi connectivity index (χ0v) is 20.9. The van der Waals surface area contributed by atoms with Crippen molar-refractivity contribution in [2.75, 3.05) is 44.0 Å². The first kappa shape index (κ1) is 26.2. The van der Waals surface area contributed by atoms with E-state index in [-0.39, 0.29) is 48.9 Å². The first-order valence-electron chi connectivity index (χ1n) is 11.9. The summed E-state index contributed by atoms with van der Waals surface area (Å²) in [5.41, 5.74) is 6.51. The van der Waals surface area contributed by atoms with Gasteiger partial charge in [-0.3, -0.25) is 23.9 Å². The number of ether oxygens (including phenoxy) is 1. The van der Waals surface area contributed by atoms with Crippen LogP contribution in [0.2, 0.25) is 0 Å². The van der Waals surface area contributed by atoms with Crippen LogP contribution in [0, 0.1) is 18.8 Å². The number of carbonyl (C=O) groups excluding carboxylic acids is 2. The number of H-pyrrole nitrogens is 1. The van der Waals surface area contributed by atoms with Gasteiger partial charge in [-0.1, -0.05) is 31.5 Å². The number of nitrogens with two attached hydrogens (primary N) is 1. The molecule has 2 aromatic rings. The van der Waals surface area contributed by atoms with Gasteiger partial charge in [0.25, 0.3) is 11.5 Å². The first-order chi connectivity index (χ1) is 16.6. The van der Waals surface area contributed by atoms with Crippen molar-refractivity contribution in [3.8, 4) is 0 Å². The number of hydrogen-bond donors (Lipinski definition) is 2. The molecule has 0 aliphatic carbocycles. The summed E-state index contributed by atoms with van der Waals surface area (Å²) in [5.74, 6) is -0.930.